The third-order valence-electron chi connectivity index (χ3n) is 2.98. The van der Waals surface area contributed by atoms with Crippen LogP contribution in [0.15, 0.2) is 40.9 Å². The SMILES string of the molecule is CCc1ncc(C(=O)NCc2cc3ccccc3o2)s1. The number of para-hydroxylation sites is 1. The molecule has 3 aromatic rings. The van der Waals surface area contributed by atoms with Gasteiger partial charge in [0, 0.05) is 5.39 Å². The molecule has 0 bridgehead atoms. The number of fused-ring (bicyclic) bond motifs is 1. The van der Waals surface area contributed by atoms with Crippen molar-refractivity contribution in [2.24, 2.45) is 0 Å². The monoisotopic (exact) mass is 286 g/mol. The van der Waals surface area contributed by atoms with Crippen LogP contribution in [0.4, 0.5) is 0 Å². The first-order valence-electron chi connectivity index (χ1n) is 6.46. The lowest BCUT2D eigenvalue weighted by atomic mass is 10.2. The molecule has 5 heteroatoms. The van der Waals surface area contributed by atoms with Crippen LogP contribution in [0.1, 0.15) is 27.4 Å². The Labute approximate surface area is 120 Å². The third kappa shape index (κ3) is 2.58. The smallest absolute Gasteiger partial charge is 0.263 e. The summed E-state index contributed by atoms with van der Waals surface area (Å²) < 4.78 is 5.65. The van der Waals surface area contributed by atoms with Crippen LogP contribution in [-0.2, 0) is 13.0 Å². The van der Waals surface area contributed by atoms with Crippen molar-refractivity contribution < 1.29 is 9.21 Å². The number of aromatic nitrogens is 1. The van der Waals surface area contributed by atoms with Gasteiger partial charge in [-0.15, -0.1) is 11.3 Å². The Bertz CT molecular complexity index is 712. The number of hydrogen-bond donors (Lipinski definition) is 1. The summed E-state index contributed by atoms with van der Waals surface area (Å²) in [5, 5.41) is 4.87. The van der Waals surface area contributed by atoms with Crippen molar-refractivity contribution in [3.05, 3.63) is 52.2 Å². The molecule has 2 aromatic heterocycles. The number of furan rings is 1. The Morgan fingerprint density at radius 3 is 3.00 bits per heavy atom. The molecule has 0 aliphatic carbocycles. The van der Waals surface area contributed by atoms with Gasteiger partial charge in [-0.1, -0.05) is 25.1 Å². The summed E-state index contributed by atoms with van der Waals surface area (Å²) in [6.45, 7) is 2.40. The molecule has 2 heterocycles. The van der Waals surface area contributed by atoms with Crippen molar-refractivity contribution in [3.8, 4) is 0 Å². The van der Waals surface area contributed by atoms with Crippen molar-refractivity contribution in [1.29, 1.82) is 0 Å². The van der Waals surface area contributed by atoms with Gasteiger partial charge in [0.1, 0.15) is 16.2 Å². The first-order valence-corrected chi connectivity index (χ1v) is 7.28. The fourth-order valence-corrected chi connectivity index (χ4v) is 2.73. The number of thiazole rings is 1. The van der Waals surface area contributed by atoms with E-state index in [4.69, 9.17) is 4.42 Å². The fraction of sp³-hybridized carbons (Fsp3) is 0.200. The van der Waals surface area contributed by atoms with Crippen LogP contribution in [0.5, 0.6) is 0 Å². The highest BCUT2D eigenvalue weighted by atomic mass is 32.1. The van der Waals surface area contributed by atoms with Crippen LogP contribution in [0.3, 0.4) is 0 Å². The van der Waals surface area contributed by atoms with E-state index in [2.05, 4.69) is 10.3 Å². The van der Waals surface area contributed by atoms with Gasteiger partial charge in [0.15, 0.2) is 0 Å². The second kappa shape index (κ2) is 5.46. The standard InChI is InChI=1S/C15H14N2O2S/c1-2-14-16-9-13(20-14)15(18)17-8-11-7-10-5-3-4-6-12(10)19-11/h3-7,9H,2,8H2,1H3,(H,17,18). The van der Waals surface area contributed by atoms with Crippen LogP contribution in [-0.4, -0.2) is 10.9 Å². The highest BCUT2D eigenvalue weighted by Gasteiger charge is 2.10. The highest BCUT2D eigenvalue weighted by molar-refractivity contribution is 7.13. The average molecular weight is 286 g/mol. The number of amides is 1. The van der Waals surface area contributed by atoms with Gasteiger partial charge in [-0.2, -0.15) is 0 Å². The van der Waals surface area contributed by atoms with E-state index in [0.29, 0.717) is 11.4 Å². The number of nitrogens with zero attached hydrogens (tertiary/aromatic N) is 1. The minimum Gasteiger partial charge on any atom is -0.459 e. The van der Waals surface area contributed by atoms with Crippen molar-refractivity contribution >= 4 is 28.2 Å². The Balaban J connectivity index is 1.68. The molecule has 4 nitrogen and oxygen atoms in total. The zero-order valence-electron chi connectivity index (χ0n) is 11.1. The normalized spacial score (nSPS) is 10.8. The minimum atomic E-state index is -0.109. The van der Waals surface area contributed by atoms with Gasteiger partial charge in [0.25, 0.3) is 5.91 Å². The topological polar surface area (TPSA) is 55.1 Å². The van der Waals surface area contributed by atoms with E-state index < -0.39 is 0 Å². The van der Waals surface area contributed by atoms with E-state index >= 15 is 0 Å². The van der Waals surface area contributed by atoms with E-state index in [9.17, 15) is 4.79 Å². The quantitative estimate of drug-likeness (QED) is 0.800. The largest absolute Gasteiger partial charge is 0.459 e. The molecule has 0 atom stereocenters. The number of carbonyl (C=O) groups is 1. The molecule has 20 heavy (non-hydrogen) atoms. The molecule has 1 aromatic carbocycles. The predicted octanol–water partition coefficient (Wildman–Crippen LogP) is 3.38. The Morgan fingerprint density at radius 2 is 2.25 bits per heavy atom. The summed E-state index contributed by atoms with van der Waals surface area (Å²) in [5.74, 6) is 0.641. The zero-order chi connectivity index (χ0) is 13.9. The van der Waals surface area contributed by atoms with E-state index in [1.165, 1.54) is 11.3 Å². The molecule has 0 fully saturated rings. The molecule has 3 rings (SSSR count). The van der Waals surface area contributed by atoms with Crippen LogP contribution < -0.4 is 5.32 Å². The Morgan fingerprint density at radius 1 is 1.40 bits per heavy atom. The van der Waals surface area contributed by atoms with Gasteiger partial charge >= 0.3 is 0 Å². The first kappa shape index (κ1) is 12.9. The summed E-state index contributed by atoms with van der Waals surface area (Å²) >= 11 is 1.43. The predicted molar refractivity (Wildman–Crippen MR) is 78.9 cm³/mol. The van der Waals surface area contributed by atoms with Gasteiger partial charge in [-0.3, -0.25) is 4.79 Å². The lowest BCUT2D eigenvalue weighted by Gasteiger charge is -1.99. The summed E-state index contributed by atoms with van der Waals surface area (Å²) in [4.78, 5) is 16.8. The molecule has 0 spiro atoms. The molecule has 0 saturated carbocycles. The number of benzene rings is 1. The summed E-state index contributed by atoms with van der Waals surface area (Å²) in [7, 11) is 0. The number of carbonyl (C=O) groups excluding carboxylic acids is 1. The molecule has 102 valence electrons. The van der Waals surface area contributed by atoms with Crippen molar-refractivity contribution in [2.45, 2.75) is 19.9 Å². The second-order valence-corrected chi connectivity index (χ2v) is 5.52. The molecular formula is C15H14N2O2S. The molecule has 0 saturated heterocycles. The number of rotatable bonds is 4. The van der Waals surface area contributed by atoms with Crippen molar-refractivity contribution in [1.82, 2.24) is 10.3 Å². The molecule has 0 aliphatic heterocycles. The number of nitrogens with one attached hydrogen (secondary N) is 1. The second-order valence-electron chi connectivity index (χ2n) is 4.41. The first-order chi connectivity index (χ1) is 9.76. The molecule has 0 radical (unpaired) electrons. The van der Waals surface area contributed by atoms with E-state index in [-0.39, 0.29) is 5.91 Å². The summed E-state index contributed by atoms with van der Waals surface area (Å²) in [6, 6.07) is 9.74. The van der Waals surface area contributed by atoms with E-state index in [1.807, 2.05) is 37.3 Å². The average Bonchev–Trinajstić information content (AvgIpc) is 3.10. The number of aryl methyl sites for hydroxylation is 1. The van der Waals surface area contributed by atoms with Crippen LogP contribution in [0.25, 0.3) is 11.0 Å². The van der Waals surface area contributed by atoms with Crippen LogP contribution in [0, 0.1) is 0 Å². The Kier molecular flexibility index (Phi) is 3.52. The fourth-order valence-electron chi connectivity index (χ4n) is 1.96. The lowest BCUT2D eigenvalue weighted by Crippen LogP contribution is -2.21. The highest BCUT2D eigenvalue weighted by Crippen LogP contribution is 2.19. The Hall–Kier alpha value is -2.14. The summed E-state index contributed by atoms with van der Waals surface area (Å²) in [5.41, 5.74) is 0.836. The van der Waals surface area contributed by atoms with E-state index in [1.54, 1.807) is 6.20 Å². The summed E-state index contributed by atoms with van der Waals surface area (Å²) in [6.07, 6.45) is 2.47. The van der Waals surface area contributed by atoms with Gasteiger partial charge in [-0.05, 0) is 18.6 Å². The maximum atomic E-state index is 12.0. The molecule has 1 amide bonds. The molecule has 0 aliphatic rings. The van der Waals surface area contributed by atoms with E-state index in [0.717, 1.165) is 28.2 Å². The van der Waals surface area contributed by atoms with Crippen LogP contribution in [0.2, 0.25) is 0 Å². The van der Waals surface area contributed by atoms with Gasteiger partial charge in [-0.25, -0.2) is 4.98 Å². The van der Waals surface area contributed by atoms with Crippen molar-refractivity contribution in [2.75, 3.05) is 0 Å². The van der Waals surface area contributed by atoms with Crippen LogP contribution >= 0.6 is 11.3 Å². The number of hydrogen-bond acceptors (Lipinski definition) is 4. The van der Waals surface area contributed by atoms with Gasteiger partial charge < -0.3 is 9.73 Å². The maximum absolute atomic E-state index is 12.0. The minimum absolute atomic E-state index is 0.109. The van der Waals surface area contributed by atoms with Gasteiger partial charge in [0.05, 0.1) is 17.7 Å². The molecular weight excluding hydrogens is 272 g/mol. The van der Waals surface area contributed by atoms with Crippen molar-refractivity contribution in [3.63, 3.8) is 0 Å². The lowest BCUT2D eigenvalue weighted by molar-refractivity contribution is 0.0952. The third-order valence-corrected chi connectivity index (χ3v) is 4.12. The maximum Gasteiger partial charge on any atom is 0.263 e. The molecule has 0 unspecified atom stereocenters. The molecule has 1 N–H and O–H groups in total. The van der Waals surface area contributed by atoms with Gasteiger partial charge in [0.2, 0.25) is 0 Å². The zero-order valence-corrected chi connectivity index (χ0v) is 11.9.